The van der Waals surface area contributed by atoms with Gasteiger partial charge in [0.2, 0.25) is 0 Å². The van der Waals surface area contributed by atoms with Gasteiger partial charge in [0, 0.05) is 12.1 Å². The molecular weight excluding hydrogens is 328 g/mol. The number of hydrogen-bond donors (Lipinski definition) is 1. The SMILES string of the molecule is CCOC(=O)C1Cc2ccc([N+](=O)[O-])cc2C(C(=O)OC(C)(C)C)N1. The lowest BCUT2D eigenvalue weighted by molar-refractivity contribution is -0.385. The van der Waals surface area contributed by atoms with Gasteiger partial charge in [-0.15, -0.1) is 0 Å². The molecule has 1 aromatic rings. The topological polar surface area (TPSA) is 108 Å². The van der Waals surface area contributed by atoms with E-state index in [2.05, 4.69) is 5.32 Å². The van der Waals surface area contributed by atoms with Crippen LogP contribution in [0.15, 0.2) is 18.2 Å². The third-order valence-electron chi connectivity index (χ3n) is 3.66. The molecule has 1 heterocycles. The first kappa shape index (κ1) is 18.9. The fraction of sp³-hybridized carbons (Fsp3) is 0.529. The van der Waals surface area contributed by atoms with Gasteiger partial charge in [-0.1, -0.05) is 6.07 Å². The molecule has 8 nitrogen and oxygen atoms in total. The Morgan fingerprint density at radius 3 is 2.56 bits per heavy atom. The Labute approximate surface area is 145 Å². The molecule has 0 fully saturated rings. The van der Waals surface area contributed by atoms with Crippen LogP contribution < -0.4 is 5.32 Å². The van der Waals surface area contributed by atoms with Crippen molar-refractivity contribution >= 4 is 17.6 Å². The number of ether oxygens (including phenoxy) is 2. The van der Waals surface area contributed by atoms with E-state index in [-0.39, 0.29) is 18.7 Å². The Hall–Kier alpha value is -2.48. The van der Waals surface area contributed by atoms with Gasteiger partial charge in [0.25, 0.3) is 5.69 Å². The maximum atomic E-state index is 12.6. The molecule has 8 heteroatoms. The van der Waals surface area contributed by atoms with Crippen LogP contribution in [0.2, 0.25) is 0 Å². The summed E-state index contributed by atoms with van der Waals surface area (Å²) in [7, 11) is 0. The Kier molecular flexibility index (Phi) is 5.42. The zero-order valence-corrected chi connectivity index (χ0v) is 14.7. The van der Waals surface area contributed by atoms with E-state index in [0.29, 0.717) is 11.1 Å². The van der Waals surface area contributed by atoms with Crippen LogP contribution in [0.1, 0.15) is 44.9 Å². The standard InChI is InChI=1S/C17H22N2O6/c1-5-24-15(20)13-8-10-6-7-11(19(22)23)9-12(10)14(18-13)16(21)25-17(2,3)4/h6-7,9,13-14,18H,5,8H2,1-4H3. The molecule has 0 saturated heterocycles. The number of nitro groups is 1. The van der Waals surface area contributed by atoms with Gasteiger partial charge in [0.15, 0.2) is 0 Å². The molecule has 0 amide bonds. The van der Waals surface area contributed by atoms with E-state index in [4.69, 9.17) is 9.47 Å². The maximum absolute atomic E-state index is 12.6. The van der Waals surface area contributed by atoms with Crippen molar-refractivity contribution in [2.24, 2.45) is 0 Å². The summed E-state index contributed by atoms with van der Waals surface area (Å²) < 4.78 is 10.4. The second kappa shape index (κ2) is 7.18. The zero-order chi connectivity index (χ0) is 18.8. The predicted octanol–water partition coefficient (Wildman–Crippen LogP) is 2.06. The second-order valence-electron chi connectivity index (χ2n) is 6.78. The van der Waals surface area contributed by atoms with E-state index in [9.17, 15) is 19.7 Å². The molecule has 1 N–H and O–H groups in total. The molecule has 0 aromatic heterocycles. The number of nitrogens with one attached hydrogen (secondary N) is 1. The van der Waals surface area contributed by atoms with Crippen LogP contribution in [0.25, 0.3) is 0 Å². The molecule has 1 aromatic carbocycles. The molecule has 0 radical (unpaired) electrons. The summed E-state index contributed by atoms with van der Waals surface area (Å²) in [4.78, 5) is 35.2. The lowest BCUT2D eigenvalue weighted by atomic mass is 9.89. The van der Waals surface area contributed by atoms with E-state index in [1.54, 1.807) is 33.8 Å². The zero-order valence-electron chi connectivity index (χ0n) is 14.7. The minimum absolute atomic E-state index is 0.122. The summed E-state index contributed by atoms with van der Waals surface area (Å²) in [6.07, 6.45) is 0.283. The highest BCUT2D eigenvalue weighted by Gasteiger charge is 2.38. The van der Waals surface area contributed by atoms with Crippen molar-refractivity contribution in [2.45, 2.75) is 51.8 Å². The van der Waals surface area contributed by atoms with Gasteiger partial charge >= 0.3 is 11.9 Å². The van der Waals surface area contributed by atoms with E-state index in [1.807, 2.05) is 0 Å². The molecule has 2 rings (SSSR count). The molecule has 25 heavy (non-hydrogen) atoms. The van der Waals surface area contributed by atoms with Crippen LogP contribution in [-0.4, -0.2) is 35.1 Å². The number of carbonyl (C=O) groups excluding carboxylic acids is 2. The number of non-ortho nitro benzene ring substituents is 1. The van der Waals surface area contributed by atoms with Crippen molar-refractivity contribution in [1.82, 2.24) is 5.32 Å². The van der Waals surface area contributed by atoms with E-state index in [0.717, 1.165) is 0 Å². The number of fused-ring (bicyclic) bond motifs is 1. The van der Waals surface area contributed by atoms with Crippen LogP contribution in [-0.2, 0) is 25.5 Å². The number of nitro benzene ring substituents is 1. The van der Waals surface area contributed by atoms with Crippen molar-refractivity contribution in [1.29, 1.82) is 0 Å². The van der Waals surface area contributed by atoms with E-state index in [1.165, 1.54) is 12.1 Å². The minimum Gasteiger partial charge on any atom is -0.465 e. The van der Waals surface area contributed by atoms with Crippen molar-refractivity contribution < 1.29 is 24.0 Å². The average molecular weight is 350 g/mol. The van der Waals surface area contributed by atoms with Gasteiger partial charge in [-0.25, -0.2) is 4.79 Å². The smallest absolute Gasteiger partial charge is 0.328 e. The van der Waals surface area contributed by atoms with Gasteiger partial charge in [-0.3, -0.25) is 20.2 Å². The van der Waals surface area contributed by atoms with Crippen LogP contribution in [0.5, 0.6) is 0 Å². The molecule has 0 aliphatic carbocycles. The third-order valence-corrected chi connectivity index (χ3v) is 3.66. The van der Waals surface area contributed by atoms with Crippen molar-refractivity contribution in [3.05, 3.63) is 39.4 Å². The molecule has 1 aliphatic rings. The number of rotatable bonds is 4. The lowest BCUT2D eigenvalue weighted by Gasteiger charge is -2.32. The molecule has 0 spiro atoms. The highest BCUT2D eigenvalue weighted by molar-refractivity contribution is 5.83. The van der Waals surface area contributed by atoms with Gasteiger partial charge in [-0.2, -0.15) is 0 Å². The molecular formula is C17H22N2O6. The summed E-state index contributed by atoms with van der Waals surface area (Å²) in [5, 5.41) is 14.0. The fourth-order valence-corrected chi connectivity index (χ4v) is 2.67. The lowest BCUT2D eigenvalue weighted by Crippen LogP contribution is -2.49. The first-order valence-corrected chi connectivity index (χ1v) is 8.05. The number of hydrogen-bond acceptors (Lipinski definition) is 7. The minimum atomic E-state index is -0.975. The van der Waals surface area contributed by atoms with Crippen LogP contribution in [0, 0.1) is 10.1 Å². The van der Waals surface area contributed by atoms with Gasteiger partial charge in [-0.05, 0) is 45.2 Å². The van der Waals surface area contributed by atoms with Crippen LogP contribution in [0.3, 0.4) is 0 Å². The molecule has 0 saturated carbocycles. The molecule has 1 aliphatic heterocycles. The predicted molar refractivity (Wildman–Crippen MR) is 88.9 cm³/mol. The van der Waals surface area contributed by atoms with Crippen molar-refractivity contribution in [3.8, 4) is 0 Å². The number of nitrogens with zero attached hydrogens (tertiary/aromatic N) is 1. The van der Waals surface area contributed by atoms with Crippen molar-refractivity contribution in [3.63, 3.8) is 0 Å². The fourth-order valence-electron chi connectivity index (χ4n) is 2.67. The van der Waals surface area contributed by atoms with Gasteiger partial charge in [0.1, 0.15) is 17.7 Å². The maximum Gasteiger partial charge on any atom is 0.328 e. The Morgan fingerprint density at radius 1 is 1.32 bits per heavy atom. The molecule has 2 unspecified atom stereocenters. The largest absolute Gasteiger partial charge is 0.465 e. The first-order valence-electron chi connectivity index (χ1n) is 8.05. The van der Waals surface area contributed by atoms with E-state index < -0.39 is 34.5 Å². The monoisotopic (exact) mass is 350 g/mol. The number of benzene rings is 1. The normalized spacial score (nSPS) is 19.7. The summed E-state index contributed by atoms with van der Waals surface area (Å²) in [6.45, 7) is 7.10. The quantitative estimate of drug-likeness (QED) is 0.503. The van der Waals surface area contributed by atoms with Crippen LogP contribution >= 0.6 is 0 Å². The highest BCUT2D eigenvalue weighted by Crippen LogP contribution is 2.31. The first-order chi connectivity index (χ1) is 11.6. The summed E-state index contributed by atoms with van der Waals surface area (Å²) in [5.41, 5.74) is 0.280. The molecule has 136 valence electrons. The highest BCUT2D eigenvalue weighted by atomic mass is 16.6. The number of carbonyl (C=O) groups is 2. The summed E-state index contributed by atoms with van der Waals surface area (Å²) in [6, 6.07) is 2.58. The third kappa shape index (κ3) is 4.54. The number of esters is 2. The van der Waals surface area contributed by atoms with Crippen molar-refractivity contribution in [2.75, 3.05) is 6.61 Å². The van der Waals surface area contributed by atoms with Gasteiger partial charge < -0.3 is 9.47 Å². The Balaban J connectivity index is 2.40. The Morgan fingerprint density at radius 2 is 2.00 bits per heavy atom. The van der Waals surface area contributed by atoms with Gasteiger partial charge in [0.05, 0.1) is 11.5 Å². The molecule has 2 atom stereocenters. The second-order valence-corrected chi connectivity index (χ2v) is 6.78. The summed E-state index contributed by atoms with van der Waals surface area (Å²) in [5.74, 6) is -1.07. The Bertz CT molecular complexity index is 695. The average Bonchev–Trinajstić information content (AvgIpc) is 2.51. The summed E-state index contributed by atoms with van der Waals surface area (Å²) >= 11 is 0. The van der Waals surface area contributed by atoms with E-state index >= 15 is 0 Å². The molecule has 0 bridgehead atoms. The van der Waals surface area contributed by atoms with Crippen LogP contribution in [0.4, 0.5) is 5.69 Å².